The second-order valence-corrected chi connectivity index (χ2v) is 8.08. The molecule has 2 aromatic carbocycles. The van der Waals surface area contributed by atoms with Gasteiger partial charge in [0.2, 0.25) is 0 Å². The first kappa shape index (κ1) is 19.7. The Morgan fingerprint density at radius 2 is 1.77 bits per heavy atom. The van der Waals surface area contributed by atoms with Gasteiger partial charge in [-0.3, -0.25) is 4.98 Å². The summed E-state index contributed by atoms with van der Waals surface area (Å²) < 4.78 is 15.7. The molecule has 1 fully saturated rings. The normalized spacial score (nSPS) is 18.3. The van der Waals surface area contributed by atoms with Gasteiger partial charge >= 0.3 is 0 Å². The summed E-state index contributed by atoms with van der Waals surface area (Å²) in [7, 11) is 0. The summed E-state index contributed by atoms with van der Waals surface area (Å²) in [5, 5.41) is 4.65. The van der Waals surface area contributed by atoms with Crippen molar-refractivity contribution in [2.75, 3.05) is 4.90 Å². The van der Waals surface area contributed by atoms with E-state index < -0.39 is 0 Å². The largest absolute Gasteiger partial charge is 0.351 e. The summed E-state index contributed by atoms with van der Waals surface area (Å²) in [5.41, 5.74) is 3.64. The van der Waals surface area contributed by atoms with Gasteiger partial charge in [-0.15, -0.1) is 0 Å². The Morgan fingerprint density at radius 1 is 0.935 bits per heavy atom. The van der Waals surface area contributed by atoms with E-state index in [1.807, 2.05) is 59.6 Å². The molecule has 0 saturated carbocycles. The van der Waals surface area contributed by atoms with Gasteiger partial charge < -0.3 is 14.8 Å². The predicted octanol–water partition coefficient (Wildman–Crippen LogP) is 5.84. The minimum atomic E-state index is -0.290. The number of aromatic nitrogens is 2. The Morgan fingerprint density at radius 3 is 2.52 bits per heavy atom. The van der Waals surface area contributed by atoms with Crippen LogP contribution in [0.2, 0.25) is 5.02 Å². The van der Waals surface area contributed by atoms with Crippen LogP contribution >= 0.6 is 23.8 Å². The number of hydrogen-bond acceptors (Lipinski definition) is 2. The van der Waals surface area contributed by atoms with E-state index in [1.54, 1.807) is 18.3 Å². The maximum atomic E-state index is 13.6. The van der Waals surface area contributed by atoms with Crippen LogP contribution in [-0.4, -0.2) is 14.7 Å². The van der Waals surface area contributed by atoms with Gasteiger partial charge in [0.15, 0.2) is 5.11 Å². The quantitative estimate of drug-likeness (QED) is 0.397. The molecule has 1 N–H and O–H groups in total. The van der Waals surface area contributed by atoms with E-state index in [-0.39, 0.29) is 17.9 Å². The summed E-state index contributed by atoms with van der Waals surface area (Å²) in [6.45, 7) is 0. The van der Waals surface area contributed by atoms with Crippen LogP contribution in [-0.2, 0) is 0 Å². The van der Waals surface area contributed by atoms with E-state index in [4.69, 9.17) is 23.8 Å². The summed E-state index contributed by atoms with van der Waals surface area (Å²) >= 11 is 12.0. The third-order valence-corrected chi connectivity index (χ3v) is 5.92. The van der Waals surface area contributed by atoms with E-state index in [1.165, 1.54) is 12.1 Å². The van der Waals surface area contributed by atoms with Gasteiger partial charge in [0, 0.05) is 34.5 Å². The highest BCUT2D eigenvalue weighted by atomic mass is 35.5. The van der Waals surface area contributed by atoms with Gasteiger partial charge in [0.1, 0.15) is 11.9 Å². The van der Waals surface area contributed by atoms with Gasteiger partial charge in [-0.1, -0.05) is 23.7 Å². The van der Waals surface area contributed by atoms with Crippen LogP contribution < -0.4 is 10.2 Å². The lowest BCUT2D eigenvalue weighted by atomic mass is 10.0. The van der Waals surface area contributed by atoms with E-state index in [9.17, 15) is 4.39 Å². The number of nitrogens with zero attached hydrogens (tertiary/aromatic N) is 3. The zero-order valence-corrected chi connectivity index (χ0v) is 17.9. The highest BCUT2D eigenvalue weighted by Gasteiger charge is 2.42. The highest BCUT2D eigenvalue weighted by Crippen LogP contribution is 2.42. The minimum absolute atomic E-state index is 0.188. The van der Waals surface area contributed by atoms with Crippen LogP contribution in [0.3, 0.4) is 0 Å². The average Bonchev–Trinajstić information content (AvgIpc) is 3.39. The molecule has 3 heterocycles. The number of rotatable bonds is 4. The third-order valence-electron chi connectivity index (χ3n) is 5.37. The first-order valence-electron chi connectivity index (χ1n) is 9.81. The predicted molar refractivity (Wildman–Crippen MR) is 125 cm³/mol. The number of benzene rings is 2. The summed E-state index contributed by atoms with van der Waals surface area (Å²) in [5.74, 6) is -0.290. The molecule has 154 valence electrons. The standard InChI is InChI=1S/C24H18ClFN4S/c25-16-5-3-6-19(15-16)29-14-4-8-21(29)23-22(20-7-1-2-13-27-20)28-24(31)30(23)18-11-9-17(26)10-12-18/h1-15,22-23H,(H,28,31)/t22-,23-/m0/s1. The lowest BCUT2D eigenvalue weighted by Crippen LogP contribution is -2.30. The van der Waals surface area contributed by atoms with E-state index >= 15 is 0 Å². The van der Waals surface area contributed by atoms with Gasteiger partial charge in [0.25, 0.3) is 0 Å². The van der Waals surface area contributed by atoms with Gasteiger partial charge in [0.05, 0.1) is 11.7 Å². The molecule has 7 heteroatoms. The number of anilines is 1. The Kier molecular flexibility index (Phi) is 5.18. The van der Waals surface area contributed by atoms with E-state index in [2.05, 4.69) is 20.9 Å². The Balaban J connectivity index is 1.67. The molecule has 1 aliphatic heterocycles. The zero-order valence-electron chi connectivity index (χ0n) is 16.3. The van der Waals surface area contributed by atoms with Crippen LogP contribution in [0.5, 0.6) is 0 Å². The lowest BCUT2D eigenvalue weighted by molar-refractivity contribution is 0.549. The van der Waals surface area contributed by atoms with E-state index in [0.717, 1.165) is 22.8 Å². The van der Waals surface area contributed by atoms with Crippen LogP contribution in [0.4, 0.5) is 10.1 Å². The van der Waals surface area contributed by atoms with Gasteiger partial charge in [-0.05, 0) is 78.9 Å². The molecule has 2 aromatic heterocycles. The Labute approximate surface area is 189 Å². The van der Waals surface area contributed by atoms with Crippen molar-refractivity contribution < 1.29 is 4.39 Å². The maximum absolute atomic E-state index is 13.6. The minimum Gasteiger partial charge on any atom is -0.351 e. The van der Waals surface area contributed by atoms with Crippen molar-refractivity contribution in [2.45, 2.75) is 12.1 Å². The third kappa shape index (κ3) is 3.69. The molecule has 0 amide bonds. The van der Waals surface area contributed by atoms with Crippen molar-refractivity contribution in [3.05, 3.63) is 113 Å². The number of halogens is 2. The molecule has 0 aliphatic carbocycles. The van der Waals surface area contributed by atoms with Crippen molar-refractivity contribution in [3.63, 3.8) is 0 Å². The fraction of sp³-hybridized carbons (Fsp3) is 0.0833. The highest BCUT2D eigenvalue weighted by molar-refractivity contribution is 7.80. The molecule has 31 heavy (non-hydrogen) atoms. The summed E-state index contributed by atoms with van der Waals surface area (Å²) in [6.07, 6.45) is 3.77. The Hall–Kier alpha value is -3.22. The molecule has 0 unspecified atom stereocenters. The van der Waals surface area contributed by atoms with Crippen molar-refractivity contribution in [2.24, 2.45) is 0 Å². The van der Waals surface area contributed by atoms with Gasteiger partial charge in [-0.2, -0.15) is 0 Å². The molecule has 1 saturated heterocycles. The molecule has 1 aliphatic rings. The van der Waals surface area contributed by atoms with Gasteiger partial charge in [-0.25, -0.2) is 4.39 Å². The second-order valence-electron chi connectivity index (χ2n) is 7.26. The monoisotopic (exact) mass is 448 g/mol. The zero-order chi connectivity index (χ0) is 21.4. The fourth-order valence-corrected chi connectivity index (χ4v) is 4.56. The first-order valence-corrected chi connectivity index (χ1v) is 10.6. The maximum Gasteiger partial charge on any atom is 0.174 e. The number of nitrogens with one attached hydrogen (secondary N) is 1. The number of hydrogen-bond donors (Lipinski definition) is 1. The molecule has 4 nitrogen and oxygen atoms in total. The van der Waals surface area contributed by atoms with Crippen LogP contribution in [0.1, 0.15) is 23.5 Å². The van der Waals surface area contributed by atoms with Crippen molar-refractivity contribution >= 4 is 34.6 Å². The summed E-state index contributed by atoms with van der Waals surface area (Å²) in [6, 6.07) is 23.6. The molecular formula is C24H18ClFN4S. The van der Waals surface area contributed by atoms with Crippen molar-refractivity contribution in [1.29, 1.82) is 0 Å². The Bertz CT molecular complexity index is 1230. The van der Waals surface area contributed by atoms with E-state index in [0.29, 0.717) is 10.1 Å². The first-order chi connectivity index (χ1) is 15.1. The topological polar surface area (TPSA) is 33.1 Å². The summed E-state index contributed by atoms with van der Waals surface area (Å²) in [4.78, 5) is 6.59. The molecule has 5 rings (SSSR count). The van der Waals surface area contributed by atoms with Crippen LogP contribution in [0.15, 0.2) is 91.3 Å². The van der Waals surface area contributed by atoms with Crippen LogP contribution in [0.25, 0.3) is 5.69 Å². The molecule has 0 radical (unpaired) electrons. The fourth-order valence-electron chi connectivity index (χ4n) is 4.03. The number of pyridine rings is 1. The SMILES string of the molecule is Fc1ccc(N2C(=S)N[C@@H](c3ccccn3)[C@@H]2c2cccn2-c2cccc(Cl)c2)cc1. The molecular weight excluding hydrogens is 431 g/mol. The molecule has 0 bridgehead atoms. The van der Waals surface area contributed by atoms with Crippen LogP contribution in [0, 0.1) is 5.82 Å². The average molecular weight is 449 g/mol. The van der Waals surface area contributed by atoms with Crippen molar-refractivity contribution in [3.8, 4) is 5.69 Å². The molecule has 4 aromatic rings. The molecule has 2 atom stereocenters. The number of thiocarbonyl (C=S) groups is 1. The second kappa shape index (κ2) is 8.13. The van der Waals surface area contributed by atoms with Crippen molar-refractivity contribution in [1.82, 2.24) is 14.9 Å². The lowest BCUT2D eigenvalue weighted by Gasteiger charge is -2.29. The molecule has 0 spiro atoms. The smallest absolute Gasteiger partial charge is 0.174 e.